The normalized spacial score (nSPS) is 11.4. The molecule has 0 heterocycles. The van der Waals surface area contributed by atoms with Gasteiger partial charge in [-0.2, -0.15) is 0 Å². The molecule has 0 bridgehead atoms. The smallest absolute Gasteiger partial charge is 0.113 e. The lowest BCUT2D eigenvalue weighted by atomic mass is 10.3. The van der Waals surface area contributed by atoms with Gasteiger partial charge in [-0.3, -0.25) is 0 Å². The first kappa shape index (κ1) is 21.6. The number of nitrogens with zero attached hydrogens (tertiary/aromatic N) is 1. The second-order valence-corrected chi connectivity index (χ2v) is 10.7. The summed E-state index contributed by atoms with van der Waals surface area (Å²) in [7, 11) is 0.548. The van der Waals surface area contributed by atoms with Crippen molar-refractivity contribution in [3.05, 3.63) is 91.0 Å². The predicted molar refractivity (Wildman–Crippen MR) is 118 cm³/mol. The SMILES string of the molecule is CC(C)N(C)CC[P+](c1ccccc1)(c1ccccc1)c1ccccc1.[Cl-]. The van der Waals surface area contributed by atoms with Crippen LogP contribution in [0.2, 0.25) is 0 Å². The van der Waals surface area contributed by atoms with Crippen LogP contribution in [0, 0.1) is 0 Å². The van der Waals surface area contributed by atoms with Crippen molar-refractivity contribution < 1.29 is 12.4 Å². The summed E-state index contributed by atoms with van der Waals surface area (Å²) in [5.41, 5.74) is 0. The molecule has 0 atom stereocenters. The van der Waals surface area contributed by atoms with Gasteiger partial charge in [0.25, 0.3) is 0 Å². The van der Waals surface area contributed by atoms with Gasteiger partial charge in [-0.1, -0.05) is 54.6 Å². The zero-order valence-corrected chi connectivity index (χ0v) is 18.1. The van der Waals surface area contributed by atoms with E-state index in [1.54, 1.807) is 0 Å². The molecule has 27 heavy (non-hydrogen) atoms. The van der Waals surface area contributed by atoms with E-state index in [1.807, 2.05) is 0 Å². The average molecular weight is 398 g/mol. The van der Waals surface area contributed by atoms with Crippen LogP contribution in [0.15, 0.2) is 91.0 Å². The van der Waals surface area contributed by atoms with E-state index in [1.165, 1.54) is 15.9 Å². The van der Waals surface area contributed by atoms with Gasteiger partial charge in [-0.15, -0.1) is 0 Å². The molecule has 0 saturated heterocycles. The van der Waals surface area contributed by atoms with Gasteiger partial charge in [-0.25, -0.2) is 0 Å². The number of hydrogen-bond acceptors (Lipinski definition) is 1. The second kappa shape index (κ2) is 10.0. The summed E-state index contributed by atoms with van der Waals surface area (Å²) < 4.78 is 0. The van der Waals surface area contributed by atoms with Gasteiger partial charge in [0, 0.05) is 12.6 Å². The Morgan fingerprint density at radius 2 is 1.00 bits per heavy atom. The van der Waals surface area contributed by atoms with E-state index >= 15 is 0 Å². The highest BCUT2D eigenvalue weighted by Crippen LogP contribution is 2.55. The van der Waals surface area contributed by atoms with Crippen LogP contribution in [0.1, 0.15) is 13.8 Å². The third-order valence-electron chi connectivity index (χ3n) is 5.26. The first-order chi connectivity index (χ1) is 12.6. The lowest BCUT2D eigenvalue weighted by Crippen LogP contribution is -3.00. The fourth-order valence-electron chi connectivity index (χ4n) is 3.45. The molecule has 0 amide bonds. The third kappa shape index (κ3) is 4.79. The largest absolute Gasteiger partial charge is 1.00 e. The Bertz CT molecular complexity index is 694. The van der Waals surface area contributed by atoms with Crippen molar-refractivity contribution in [3.8, 4) is 0 Å². The molecule has 0 aromatic heterocycles. The summed E-state index contributed by atoms with van der Waals surface area (Å²) in [6.07, 6.45) is 1.15. The second-order valence-electron chi connectivity index (χ2n) is 7.11. The number of halogens is 1. The molecule has 0 radical (unpaired) electrons. The van der Waals surface area contributed by atoms with Crippen LogP contribution < -0.4 is 28.3 Å². The van der Waals surface area contributed by atoms with E-state index in [0.717, 1.165) is 12.7 Å². The maximum Gasteiger partial charge on any atom is 0.113 e. The van der Waals surface area contributed by atoms with Gasteiger partial charge in [0.1, 0.15) is 23.2 Å². The summed E-state index contributed by atoms with van der Waals surface area (Å²) in [4.78, 5) is 2.46. The van der Waals surface area contributed by atoms with Crippen molar-refractivity contribution in [1.82, 2.24) is 4.90 Å². The monoisotopic (exact) mass is 397 g/mol. The van der Waals surface area contributed by atoms with Crippen LogP contribution >= 0.6 is 7.26 Å². The van der Waals surface area contributed by atoms with Crippen LogP contribution in [0.25, 0.3) is 0 Å². The van der Waals surface area contributed by atoms with Gasteiger partial charge in [-0.05, 0) is 57.3 Å². The van der Waals surface area contributed by atoms with Crippen molar-refractivity contribution in [2.45, 2.75) is 19.9 Å². The first-order valence-corrected chi connectivity index (χ1v) is 11.4. The van der Waals surface area contributed by atoms with E-state index in [-0.39, 0.29) is 12.4 Å². The summed E-state index contributed by atoms with van der Waals surface area (Å²) >= 11 is 0. The molecule has 0 aliphatic heterocycles. The fraction of sp³-hybridized carbons (Fsp3) is 0.250. The molecule has 0 saturated carbocycles. The van der Waals surface area contributed by atoms with E-state index in [0.29, 0.717) is 6.04 Å². The van der Waals surface area contributed by atoms with Crippen LogP contribution in [-0.4, -0.2) is 30.7 Å². The van der Waals surface area contributed by atoms with Crippen molar-refractivity contribution in [3.63, 3.8) is 0 Å². The summed E-state index contributed by atoms with van der Waals surface area (Å²) in [6.45, 7) is 5.63. The standard InChI is InChI=1S/C24H29NP.ClH/c1-21(2)25(3)19-20-26(22-13-7-4-8-14-22,23-15-9-5-10-16-23)24-17-11-6-12-18-24;/h4-18,21H,19-20H2,1-3H3;1H/q+1;/p-1. The molecule has 3 aromatic carbocycles. The van der Waals surface area contributed by atoms with Gasteiger partial charge in [0.2, 0.25) is 0 Å². The number of hydrogen-bond donors (Lipinski definition) is 0. The Morgan fingerprint density at radius 1 is 0.667 bits per heavy atom. The fourth-order valence-corrected chi connectivity index (χ4v) is 7.78. The minimum Gasteiger partial charge on any atom is -1.00 e. The van der Waals surface area contributed by atoms with Crippen molar-refractivity contribution in [1.29, 1.82) is 0 Å². The molecule has 3 aromatic rings. The average Bonchev–Trinajstić information content (AvgIpc) is 2.70. The van der Waals surface area contributed by atoms with E-state index < -0.39 is 7.26 Å². The highest BCUT2D eigenvalue weighted by molar-refractivity contribution is 7.95. The van der Waals surface area contributed by atoms with Crippen molar-refractivity contribution >= 4 is 23.2 Å². The highest BCUT2D eigenvalue weighted by Gasteiger charge is 2.44. The molecule has 3 rings (SSSR count). The molecular weight excluding hydrogens is 369 g/mol. The summed E-state index contributed by atoms with van der Waals surface area (Å²) in [5, 5.41) is 4.40. The van der Waals surface area contributed by atoms with E-state index in [4.69, 9.17) is 0 Å². The van der Waals surface area contributed by atoms with Gasteiger partial charge in [0.15, 0.2) is 0 Å². The molecule has 0 unspecified atom stereocenters. The molecule has 0 N–H and O–H groups in total. The minimum atomic E-state index is -1.69. The zero-order valence-electron chi connectivity index (χ0n) is 16.4. The first-order valence-electron chi connectivity index (χ1n) is 9.40. The molecule has 1 nitrogen and oxygen atoms in total. The predicted octanol–water partition coefficient (Wildman–Crippen LogP) is 1.32. The number of rotatable bonds is 7. The number of benzene rings is 3. The summed E-state index contributed by atoms with van der Waals surface area (Å²) in [6, 6.07) is 33.9. The molecule has 3 heteroatoms. The third-order valence-corrected chi connectivity index (χ3v) is 9.67. The molecule has 0 aliphatic carbocycles. The molecule has 0 aliphatic rings. The van der Waals surface area contributed by atoms with Crippen LogP contribution in [0.3, 0.4) is 0 Å². The van der Waals surface area contributed by atoms with Crippen molar-refractivity contribution in [2.75, 3.05) is 19.8 Å². The molecule has 142 valence electrons. The van der Waals surface area contributed by atoms with E-state index in [9.17, 15) is 0 Å². The maximum atomic E-state index is 2.46. The van der Waals surface area contributed by atoms with E-state index in [2.05, 4.69) is 117 Å². The van der Waals surface area contributed by atoms with Crippen LogP contribution in [0.4, 0.5) is 0 Å². The Kier molecular flexibility index (Phi) is 8.05. The Hall–Kier alpha value is -1.66. The molecular formula is C24H29ClNP. The molecule has 0 fully saturated rings. The quantitative estimate of drug-likeness (QED) is 0.544. The summed E-state index contributed by atoms with van der Waals surface area (Å²) in [5.74, 6) is 0. The zero-order chi connectivity index (χ0) is 18.4. The maximum absolute atomic E-state index is 2.46. The Balaban J connectivity index is 0.00000261. The lowest BCUT2D eigenvalue weighted by Gasteiger charge is -2.30. The van der Waals surface area contributed by atoms with Crippen LogP contribution in [0.5, 0.6) is 0 Å². The van der Waals surface area contributed by atoms with Crippen molar-refractivity contribution in [2.24, 2.45) is 0 Å². The highest BCUT2D eigenvalue weighted by atomic mass is 35.5. The minimum absolute atomic E-state index is 0. The van der Waals surface area contributed by atoms with Gasteiger partial charge < -0.3 is 17.3 Å². The Morgan fingerprint density at radius 3 is 1.30 bits per heavy atom. The van der Waals surface area contributed by atoms with Gasteiger partial charge in [0.05, 0.1) is 6.16 Å². The molecule has 0 spiro atoms. The Labute approximate surface area is 171 Å². The lowest BCUT2D eigenvalue weighted by molar-refractivity contribution is -0.00000537. The van der Waals surface area contributed by atoms with Gasteiger partial charge >= 0.3 is 0 Å². The topological polar surface area (TPSA) is 3.24 Å². The van der Waals surface area contributed by atoms with Crippen LogP contribution in [-0.2, 0) is 0 Å².